The summed E-state index contributed by atoms with van der Waals surface area (Å²) < 4.78 is 10.4. The van der Waals surface area contributed by atoms with E-state index >= 15 is 0 Å². The second kappa shape index (κ2) is 12.2. The minimum atomic E-state index is -1.99. The average molecular weight is 291 g/mol. The molecule has 1 aromatic carbocycles. The molecule has 0 aliphatic carbocycles. The van der Waals surface area contributed by atoms with Crippen molar-refractivity contribution in [1.29, 1.82) is 0 Å². The largest absolute Gasteiger partial charge is 0.389 e. The highest BCUT2D eigenvalue weighted by Gasteiger charge is 2.41. The number of hydrogen-bond acceptors (Lipinski definition) is 6. The lowest BCUT2D eigenvalue weighted by atomic mass is 10.1. The number of carbonyl (C=O) groups excluding carboxylic acids is 1. The Kier molecular flexibility index (Phi) is 12.4. The van der Waals surface area contributed by atoms with Gasteiger partial charge in [-0.25, -0.2) is 0 Å². The maximum atomic E-state index is 10.4. The zero-order chi connectivity index (χ0) is 16.0. The first-order chi connectivity index (χ1) is 9.36. The number of rotatable bonds is 4. The Morgan fingerprint density at radius 1 is 1.05 bits per heavy atom. The summed E-state index contributed by atoms with van der Waals surface area (Å²) in [5, 5.41) is 35.2. The predicted molar refractivity (Wildman–Crippen MR) is 69.2 cm³/mol. The lowest BCUT2D eigenvalue weighted by molar-refractivity contribution is -0.580. The number of benzene rings is 1. The Hall–Kier alpha value is -1.90. The second-order valence-corrected chi connectivity index (χ2v) is 3.58. The molecule has 0 aromatic heterocycles. The van der Waals surface area contributed by atoms with Crippen molar-refractivity contribution in [3.05, 3.63) is 46.5 Å². The third-order valence-corrected chi connectivity index (χ3v) is 1.94. The van der Waals surface area contributed by atoms with Gasteiger partial charge in [-0.1, -0.05) is 36.4 Å². The van der Waals surface area contributed by atoms with E-state index in [1.54, 1.807) is 0 Å². The maximum absolute atomic E-state index is 10.4. The Morgan fingerprint density at radius 2 is 1.25 bits per heavy atom. The molecule has 1 aromatic rings. The molecule has 0 aliphatic heterocycles. The number of halogens is 1. The van der Waals surface area contributed by atoms with E-state index in [1.165, 1.54) is 0 Å². The standard InChI is InChI=1S/C6H6.C4H9NO5.C2H3FO/c1-2-4-6-5-3-1;6-1-4(2-7,3-8)5(9)10;1-2(3)4/h1-6H;6-8H,1-3H2;1H3. The minimum Gasteiger partial charge on any atom is -0.389 e. The van der Waals surface area contributed by atoms with Gasteiger partial charge in [0.05, 0.1) is 0 Å². The van der Waals surface area contributed by atoms with Crippen molar-refractivity contribution < 1.29 is 29.4 Å². The Morgan fingerprint density at radius 3 is 1.30 bits per heavy atom. The SMILES string of the molecule is CC(=O)F.O=[N+]([O-])C(CO)(CO)CO.c1ccccc1. The van der Waals surface area contributed by atoms with Gasteiger partial charge in [-0.3, -0.25) is 14.9 Å². The van der Waals surface area contributed by atoms with Crippen LogP contribution >= 0.6 is 0 Å². The predicted octanol–water partition coefficient (Wildman–Crippen LogP) is 0.168. The maximum Gasteiger partial charge on any atom is 0.298 e. The molecule has 20 heavy (non-hydrogen) atoms. The number of carbonyl (C=O) groups is 1. The van der Waals surface area contributed by atoms with Crippen LogP contribution in [0.5, 0.6) is 0 Å². The van der Waals surface area contributed by atoms with Crippen LogP contribution in [0.4, 0.5) is 4.39 Å². The summed E-state index contributed by atoms with van der Waals surface area (Å²) in [6.45, 7) is -1.74. The third kappa shape index (κ3) is 10.1. The van der Waals surface area contributed by atoms with Crippen molar-refractivity contribution in [2.75, 3.05) is 19.8 Å². The number of nitrogens with zero attached hydrogens (tertiary/aromatic N) is 1. The van der Waals surface area contributed by atoms with E-state index < -0.39 is 36.3 Å². The summed E-state index contributed by atoms with van der Waals surface area (Å²) >= 11 is 0. The van der Waals surface area contributed by atoms with Gasteiger partial charge >= 0.3 is 0 Å². The molecule has 0 heterocycles. The molecule has 1 rings (SSSR count). The van der Waals surface area contributed by atoms with Gasteiger partial charge in [0.2, 0.25) is 0 Å². The first-order valence-electron chi connectivity index (χ1n) is 5.49. The van der Waals surface area contributed by atoms with Crippen molar-refractivity contribution in [3.8, 4) is 0 Å². The summed E-state index contributed by atoms with van der Waals surface area (Å²) in [5.74, 6) is 0. The van der Waals surface area contributed by atoms with Crippen LogP contribution < -0.4 is 0 Å². The van der Waals surface area contributed by atoms with Crippen molar-refractivity contribution in [1.82, 2.24) is 0 Å². The molecule has 0 saturated heterocycles. The summed E-state index contributed by atoms with van der Waals surface area (Å²) in [7, 11) is 0. The topological polar surface area (TPSA) is 121 Å². The monoisotopic (exact) mass is 291 g/mol. The smallest absolute Gasteiger partial charge is 0.298 e. The van der Waals surface area contributed by atoms with Crippen LogP contribution in [0.15, 0.2) is 36.4 Å². The average Bonchev–Trinajstić information content (AvgIpc) is 2.43. The lowest BCUT2D eigenvalue weighted by Crippen LogP contribution is -2.49. The highest BCUT2D eigenvalue weighted by Crippen LogP contribution is 2.05. The normalized spacial score (nSPS) is 9.45. The van der Waals surface area contributed by atoms with Gasteiger partial charge in [0.1, 0.15) is 19.8 Å². The van der Waals surface area contributed by atoms with Gasteiger partial charge in [-0.15, -0.1) is 0 Å². The molecule has 0 atom stereocenters. The zero-order valence-corrected chi connectivity index (χ0v) is 11.0. The van der Waals surface area contributed by atoms with Crippen LogP contribution in [0, 0.1) is 10.1 Å². The molecule has 114 valence electrons. The molecule has 0 spiro atoms. The molecular formula is C12H18FNO6. The quantitative estimate of drug-likeness (QED) is 0.413. The first kappa shape index (κ1) is 20.4. The number of nitro groups is 1. The minimum absolute atomic E-state index is 0.861. The number of aliphatic hydroxyl groups excluding tert-OH is 3. The van der Waals surface area contributed by atoms with Gasteiger partial charge in [0.25, 0.3) is 11.6 Å². The van der Waals surface area contributed by atoms with Crippen molar-refractivity contribution in [3.63, 3.8) is 0 Å². The molecule has 3 N–H and O–H groups in total. The van der Waals surface area contributed by atoms with Crippen LogP contribution in [-0.2, 0) is 4.79 Å². The summed E-state index contributed by atoms with van der Waals surface area (Å²) in [4.78, 5) is 17.9. The van der Waals surface area contributed by atoms with E-state index in [0.717, 1.165) is 6.92 Å². The van der Waals surface area contributed by atoms with Crippen LogP contribution in [0.2, 0.25) is 0 Å². The third-order valence-electron chi connectivity index (χ3n) is 1.94. The Balaban J connectivity index is 0. The van der Waals surface area contributed by atoms with Crippen LogP contribution in [0.25, 0.3) is 0 Å². The Labute approximate surface area is 115 Å². The van der Waals surface area contributed by atoms with E-state index in [9.17, 15) is 14.5 Å². The fourth-order valence-corrected chi connectivity index (χ4v) is 0.708. The number of hydrogen-bond donors (Lipinski definition) is 3. The molecule has 0 radical (unpaired) electrons. The van der Waals surface area contributed by atoms with Gasteiger partial charge in [-0.05, 0) is 0 Å². The summed E-state index contributed by atoms with van der Waals surface area (Å²) in [6.07, 6.45) is 0. The highest BCUT2D eigenvalue weighted by molar-refractivity contribution is 5.64. The molecule has 0 unspecified atom stereocenters. The molecule has 0 amide bonds. The summed E-state index contributed by atoms with van der Waals surface area (Å²) in [6, 6.07) is 10.7. The van der Waals surface area contributed by atoms with Crippen molar-refractivity contribution >= 4 is 6.04 Å². The summed E-state index contributed by atoms with van der Waals surface area (Å²) in [5.41, 5.74) is -1.99. The van der Waals surface area contributed by atoms with Gasteiger partial charge in [-0.2, -0.15) is 4.39 Å². The van der Waals surface area contributed by atoms with Crippen molar-refractivity contribution in [2.45, 2.75) is 12.5 Å². The van der Waals surface area contributed by atoms with E-state index in [1.807, 2.05) is 36.4 Å². The van der Waals surface area contributed by atoms with Crippen LogP contribution in [0.3, 0.4) is 0 Å². The van der Waals surface area contributed by atoms with Gasteiger partial charge in [0.15, 0.2) is 0 Å². The van der Waals surface area contributed by atoms with Gasteiger partial charge in [0, 0.05) is 11.8 Å². The van der Waals surface area contributed by atoms with Gasteiger partial charge < -0.3 is 15.3 Å². The molecule has 0 saturated carbocycles. The van der Waals surface area contributed by atoms with E-state index in [-0.39, 0.29) is 0 Å². The fourth-order valence-electron chi connectivity index (χ4n) is 0.708. The Bertz CT molecular complexity index is 330. The fraction of sp³-hybridized carbons (Fsp3) is 0.417. The van der Waals surface area contributed by atoms with E-state index in [0.29, 0.717) is 0 Å². The van der Waals surface area contributed by atoms with E-state index in [2.05, 4.69) is 0 Å². The molecular weight excluding hydrogens is 273 g/mol. The number of aliphatic hydroxyl groups is 3. The van der Waals surface area contributed by atoms with E-state index in [4.69, 9.17) is 20.1 Å². The molecule has 8 heteroatoms. The second-order valence-electron chi connectivity index (χ2n) is 3.58. The van der Waals surface area contributed by atoms with Crippen molar-refractivity contribution in [2.24, 2.45) is 0 Å². The molecule has 0 fully saturated rings. The van der Waals surface area contributed by atoms with Crippen LogP contribution in [0.1, 0.15) is 6.92 Å². The molecule has 7 nitrogen and oxygen atoms in total. The lowest BCUT2D eigenvalue weighted by Gasteiger charge is -2.16. The highest BCUT2D eigenvalue weighted by atomic mass is 19.1. The van der Waals surface area contributed by atoms with Crippen LogP contribution in [-0.4, -0.2) is 51.6 Å². The first-order valence-corrected chi connectivity index (χ1v) is 5.49. The zero-order valence-electron chi connectivity index (χ0n) is 11.0. The molecule has 0 bridgehead atoms. The molecule has 0 aliphatic rings.